The summed E-state index contributed by atoms with van der Waals surface area (Å²) in [5.41, 5.74) is 2.05. The second-order valence-electron chi connectivity index (χ2n) is 4.66. The van der Waals surface area contributed by atoms with Crippen LogP contribution >= 0.6 is 11.6 Å². The number of halogens is 1. The van der Waals surface area contributed by atoms with E-state index in [1.54, 1.807) is 36.4 Å². The highest BCUT2D eigenvalue weighted by atomic mass is 35.5. The highest BCUT2D eigenvalue weighted by Crippen LogP contribution is 2.29. The molecule has 0 spiro atoms. The molecule has 0 atom stereocenters. The van der Waals surface area contributed by atoms with Gasteiger partial charge in [-0.1, -0.05) is 35.9 Å². The van der Waals surface area contributed by atoms with E-state index in [1.807, 2.05) is 18.2 Å². The molecule has 3 rings (SSSR count). The van der Waals surface area contributed by atoms with E-state index in [4.69, 9.17) is 11.6 Å². The summed E-state index contributed by atoms with van der Waals surface area (Å²) in [6.07, 6.45) is 1.89. The van der Waals surface area contributed by atoms with Gasteiger partial charge in [-0.25, -0.2) is 4.79 Å². The van der Waals surface area contributed by atoms with E-state index >= 15 is 0 Å². The number of anilines is 1. The minimum absolute atomic E-state index is 0.0762. The molecule has 106 valence electrons. The van der Waals surface area contributed by atoms with Crippen molar-refractivity contribution in [2.24, 2.45) is 0 Å². The first-order valence-corrected chi connectivity index (χ1v) is 6.85. The number of para-hydroxylation sites is 2. The Morgan fingerprint density at radius 1 is 1.14 bits per heavy atom. The largest absolute Gasteiger partial charge is 0.506 e. The molecule has 4 nitrogen and oxygen atoms in total. The van der Waals surface area contributed by atoms with Gasteiger partial charge in [-0.3, -0.25) is 4.90 Å². The highest BCUT2D eigenvalue weighted by Gasteiger charge is 2.23. The van der Waals surface area contributed by atoms with Crippen LogP contribution in [0.1, 0.15) is 5.56 Å². The number of nitrogens with zero attached hydrogens (tertiary/aromatic N) is 1. The maximum atomic E-state index is 12.2. The molecule has 0 bridgehead atoms. The summed E-state index contributed by atoms with van der Waals surface area (Å²) in [4.78, 5) is 13.7. The summed E-state index contributed by atoms with van der Waals surface area (Å²) in [5, 5.41) is 13.3. The molecule has 2 N–H and O–H groups in total. The first-order valence-electron chi connectivity index (χ1n) is 6.48. The Balaban J connectivity index is 1.89. The van der Waals surface area contributed by atoms with Gasteiger partial charge >= 0.3 is 6.03 Å². The Morgan fingerprint density at radius 3 is 2.67 bits per heavy atom. The molecule has 0 aromatic heterocycles. The third-order valence-electron chi connectivity index (χ3n) is 3.27. The first-order chi connectivity index (χ1) is 10.1. The minimum atomic E-state index is -0.283. The van der Waals surface area contributed by atoms with Gasteiger partial charge in [-0.15, -0.1) is 0 Å². The van der Waals surface area contributed by atoms with Gasteiger partial charge in [-0.05, 0) is 35.9 Å². The van der Waals surface area contributed by atoms with Crippen LogP contribution in [0.4, 0.5) is 10.5 Å². The maximum Gasteiger partial charge on any atom is 0.326 e. The molecule has 0 aliphatic carbocycles. The number of benzene rings is 2. The fraction of sp³-hybridized carbons (Fsp3) is 0.0625. The third kappa shape index (κ3) is 2.71. The van der Waals surface area contributed by atoms with E-state index in [0.717, 1.165) is 5.56 Å². The fourth-order valence-electron chi connectivity index (χ4n) is 2.25. The van der Waals surface area contributed by atoms with Crippen molar-refractivity contribution >= 4 is 29.0 Å². The minimum Gasteiger partial charge on any atom is -0.506 e. The molecule has 1 aliphatic heterocycles. The van der Waals surface area contributed by atoms with Crippen LogP contribution < -0.4 is 10.2 Å². The summed E-state index contributed by atoms with van der Waals surface area (Å²) in [7, 11) is 0. The molecule has 2 aromatic carbocycles. The number of urea groups is 1. The second-order valence-corrected chi connectivity index (χ2v) is 5.09. The van der Waals surface area contributed by atoms with Crippen molar-refractivity contribution in [3.63, 3.8) is 0 Å². The summed E-state index contributed by atoms with van der Waals surface area (Å²) in [6, 6.07) is 13.8. The van der Waals surface area contributed by atoms with Gasteiger partial charge in [-0.2, -0.15) is 0 Å². The lowest BCUT2D eigenvalue weighted by molar-refractivity contribution is 0.249. The molecule has 2 aromatic rings. The molecule has 0 fully saturated rings. The van der Waals surface area contributed by atoms with E-state index in [-0.39, 0.29) is 11.8 Å². The Kier molecular flexibility index (Phi) is 3.54. The molecule has 1 aliphatic rings. The number of amides is 2. The van der Waals surface area contributed by atoms with Gasteiger partial charge in [0.2, 0.25) is 0 Å². The number of nitrogens with one attached hydrogen (secondary N) is 1. The van der Waals surface area contributed by atoms with E-state index in [0.29, 0.717) is 23.0 Å². The van der Waals surface area contributed by atoms with Crippen molar-refractivity contribution < 1.29 is 9.90 Å². The van der Waals surface area contributed by atoms with Crippen molar-refractivity contribution in [3.05, 3.63) is 65.2 Å². The molecule has 0 saturated heterocycles. The number of carbonyl (C=O) groups is 1. The predicted molar refractivity (Wildman–Crippen MR) is 83.4 cm³/mol. The summed E-state index contributed by atoms with van der Waals surface area (Å²) in [5.74, 6) is 0.0762. The van der Waals surface area contributed by atoms with Gasteiger partial charge < -0.3 is 10.4 Å². The number of aromatic hydroxyl groups is 1. The standard InChI is InChI=1S/C16H13ClN2O2/c17-12-5-3-4-11(10-12)13-8-9-19(16(21)18-13)14-6-1-2-7-15(14)20/h1-8,10,20H,9H2,(H,18,21). The normalized spacial score (nSPS) is 14.6. The molecular formula is C16H13ClN2O2. The Morgan fingerprint density at radius 2 is 1.95 bits per heavy atom. The van der Waals surface area contributed by atoms with Crippen LogP contribution in [0.25, 0.3) is 5.70 Å². The zero-order valence-corrected chi connectivity index (χ0v) is 11.8. The molecule has 21 heavy (non-hydrogen) atoms. The Hall–Kier alpha value is -2.46. The van der Waals surface area contributed by atoms with Crippen LogP contribution in [0.2, 0.25) is 5.02 Å². The number of phenols is 1. The van der Waals surface area contributed by atoms with Gasteiger partial charge in [0, 0.05) is 17.3 Å². The van der Waals surface area contributed by atoms with E-state index < -0.39 is 0 Å². The van der Waals surface area contributed by atoms with Crippen LogP contribution in [-0.4, -0.2) is 17.7 Å². The molecule has 0 radical (unpaired) electrons. The van der Waals surface area contributed by atoms with Crippen molar-refractivity contribution in [1.82, 2.24) is 5.32 Å². The molecule has 0 unspecified atom stereocenters. The van der Waals surface area contributed by atoms with Gasteiger partial charge in [0.15, 0.2) is 0 Å². The van der Waals surface area contributed by atoms with Crippen LogP contribution in [0.15, 0.2) is 54.6 Å². The van der Waals surface area contributed by atoms with Crippen LogP contribution in [0, 0.1) is 0 Å². The summed E-state index contributed by atoms with van der Waals surface area (Å²) in [6.45, 7) is 0.380. The number of hydrogen-bond donors (Lipinski definition) is 2. The van der Waals surface area contributed by atoms with Crippen LogP contribution in [0.5, 0.6) is 5.75 Å². The lowest BCUT2D eigenvalue weighted by atomic mass is 10.1. The lowest BCUT2D eigenvalue weighted by Gasteiger charge is -2.27. The Bertz CT molecular complexity index is 728. The average Bonchev–Trinajstić information content (AvgIpc) is 2.48. The van der Waals surface area contributed by atoms with E-state index in [1.165, 1.54) is 4.90 Å². The number of carbonyl (C=O) groups excluding carboxylic acids is 1. The first kappa shape index (κ1) is 13.5. The molecule has 2 amide bonds. The lowest BCUT2D eigenvalue weighted by Crippen LogP contribution is -2.43. The quantitative estimate of drug-likeness (QED) is 0.890. The van der Waals surface area contributed by atoms with Crippen molar-refractivity contribution in [2.75, 3.05) is 11.4 Å². The van der Waals surface area contributed by atoms with Crippen LogP contribution in [-0.2, 0) is 0 Å². The molecule has 0 saturated carbocycles. The van der Waals surface area contributed by atoms with Crippen molar-refractivity contribution in [2.45, 2.75) is 0 Å². The van der Waals surface area contributed by atoms with Gasteiger partial charge in [0.1, 0.15) is 5.75 Å². The van der Waals surface area contributed by atoms with Crippen LogP contribution in [0.3, 0.4) is 0 Å². The van der Waals surface area contributed by atoms with Gasteiger partial charge in [0.25, 0.3) is 0 Å². The monoisotopic (exact) mass is 300 g/mol. The zero-order chi connectivity index (χ0) is 14.8. The highest BCUT2D eigenvalue weighted by molar-refractivity contribution is 6.30. The fourth-order valence-corrected chi connectivity index (χ4v) is 2.44. The molecule has 5 heteroatoms. The third-order valence-corrected chi connectivity index (χ3v) is 3.51. The van der Waals surface area contributed by atoms with Gasteiger partial charge in [0.05, 0.1) is 5.69 Å². The molecular weight excluding hydrogens is 288 g/mol. The summed E-state index contributed by atoms with van der Waals surface area (Å²) < 4.78 is 0. The number of phenolic OH excluding ortho intramolecular Hbond substituents is 1. The summed E-state index contributed by atoms with van der Waals surface area (Å²) >= 11 is 5.96. The number of rotatable bonds is 2. The van der Waals surface area contributed by atoms with E-state index in [2.05, 4.69) is 5.32 Å². The second kappa shape index (κ2) is 5.50. The average molecular weight is 301 g/mol. The predicted octanol–water partition coefficient (Wildman–Crippen LogP) is 3.62. The molecule has 1 heterocycles. The zero-order valence-electron chi connectivity index (χ0n) is 11.1. The smallest absolute Gasteiger partial charge is 0.326 e. The Labute approximate surface area is 127 Å². The van der Waals surface area contributed by atoms with E-state index in [9.17, 15) is 9.90 Å². The van der Waals surface area contributed by atoms with Crippen molar-refractivity contribution in [3.8, 4) is 5.75 Å². The van der Waals surface area contributed by atoms with Crippen molar-refractivity contribution in [1.29, 1.82) is 0 Å². The number of hydrogen-bond acceptors (Lipinski definition) is 2. The SMILES string of the molecule is O=C1NC(c2cccc(Cl)c2)=CCN1c1ccccc1O. The topological polar surface area (TPSA) is 52.6 Å². The maximum absolute atomic E-state index is 12.2.